The largest absolute Gasteiger partial charge is 0.488 e. The number of benzene rings is 2. The Morgan fingerprint density at radius 3 is 2.79 bits per heavy atom. The van der Waals surface area contributed by atoms with Crippen LogP contribution in [0, 0.1) is 5.82 Å². The van der Waals surface area contributed by atoms with Crippen LogP contribution in [0.25, 0.3) is 10.1 Å². The van der Waals surface area contributed by atoms with Gasteiger partial charge < -0.3 is 24.8 Å². The summed E-state index contributed by atoms with van der Waals surface area (Å²) in [5, 5.41) is 7.57. The first-order valence-electron chi connectivity index (χ1n) is 10.3. The Bertz CT molecular complexity index is 1320. The number of fused-ring (bicyclic) bond motifs is 1. The van der Waals surface area contributed by atoms with Crippen LogP contribution in [0.2, 0.25) is 0 Å². The molecule has 0 spiro atoms. The fourth-order valence-electron chi connectivity index (χ4n) is 3.11. The molecule has 0 aliphatic heterocycles. The fraction of sp³-hybridized carbons (Fsp3) is 0.120. The second kappa shape index (κ2) is 10.8. The standard InChI is InChI=1S/C25H22FN3O4S/c1-3-24(30)28-16-5-4-6-18(11-16)33-22-14-27-15-23-19(22)13-25(34-23)29-17-7-8-21(20(26)12-17)32-10-9-31-2/h3-8,11-15,29H,1,9-10H2,2H3,(H,28,30). The molecule has 2 aromatic heterocycles. The molecule has 0 saturated carbocycles. The lowest BCUT2D eigenvalue weighted by molar-refractivity contribution is -0.111. The molecular weight excluding hydrogens is 457 g/mol. The van der Waals surface area contributed by atoms with E-state index in [1.807, 2.05) is 6.07 Å². The molecule has 1 amide bonds. The van der Waals surface area contributed by atoms with Gasteiger partial charge in [-0.3, -0.25) is 9.78 Å². The van der Waals surface area contributed by atoms with Crippen LogP contribution in [0.15, 0.2) is 73.6 Å². The molecule has 7 nitrogen and oxygen atoms in total. The summed E-state index contributed by atoms with van der Waals surface area (Å²) >= 11 is 1.47. The number of hydrogen-bond donors (Lipinski definition) is 2. The molecule has 174 valence electrons. The van der Waals surface area contributed by atoms with Crippen molar-refractivity contribution in [1.29, 1.82) is 0 Å². The maximum absolute atomic E-state index is 14.4. The highest BCUT2D eigenvalue weighted by Crippen LogP contribution is 2.38. The number of anilines is 3. The molecule has 0 saturated heterocycles. The van der Waals surface area contributed by atoms with Gasteiger partial charge in [-0.05, 0) is 36.4 Å². The molecule has 2 heterocycles. The van der Waals surface area contributed by atoms with E-state index in [1.54, 1.807) is 55.9 Å². The van der Waals surface area contributed by atoms with E-state index in [0.29, 0.717) is 29.5 Å². The summed E-state index contributed by atoms with van der Waals surface area (Å²) in [6.07, 6.45) is 4.57. The lowest BCUT2D eigenvalue weighted by Crippen LogP contribution is -2.06. The van der Waals surface area contributed by atoms with Crippen molar-refractivity contribution in [1.82, 2.24) is 4.98 Å². The number of halogens is 1. The second-order valence-electron chi connectivity index (χ2n) is 7.09. The summed E-state index contributed by atoms with van der Waals surface area (Å²) in [6.45, 7) is 4.11. The van der Waals surface area contributed by atoms with Crippen molar-refractivity contribution in [2.75, 3.05) is 31.0 Å². The molecule has 0 atom stereocenters. The first-order chi connectivity index (χ1) is 16.6. The molecule has 0 radical (unpaired) electrons. The van der Waals surface area contributed by atoms with Gasteiger partial charge in [0.25, 0.3) is 0 Å². The van der Waals surface area contributed by atoms with Crippen molar-refractivity contribution < 1.29 is 23.4 Å². The van der Waals surface area contributed by atoms with Crippen LogP contribution < -0.4 is 20.1 Å². The predicted molar refractivity (Wildman–Crippen MR) is 132 cm³/mol. The predicted octanol–water partition coefficient (Wildman–Crippen LogP) is 6.12. The van der Waals surface area contributed by atoms with Crippen molar-refractivity contribution in [3.05, 3.63) is 79.4 Å². The Balaban J connectivity index is 1.51. The second-order valence-corrected chi connectivity index (χ2v) is 8.18. The van der Waals surface area contributed by atoms with E-state index >= 15 is 0 Å². The number of carbonyl (C=O) groups is 1. The number of thiophene rings is 1. The van der Waals surface area contributed by atoms with Crippen LogP contribution in [0.3, 0.4) is 0 Å². The number of hydrogen-bond acceptors (Lipinski definition) is 7. The van der Waals surface area contributed by atoms with E-state index in [1.165, 1.54) is 23.5 Å². The molecule has 0 unspecified atom stereocenters. The number of pyridine rings is 1. The Labute approximate surface area is 199 Å². The van der Waals surface area contributed by atoms with Gasteiger partial charge in [0.05, 0.1) is 22.5 Å². The average molecular weight is 480 g/mol. The number of aromatic nitrogens is 1. The highest BCUT2D eigenvalue weighted by molar-refractivity contribution is 7.22. The number of nitrogens with one attached hydrogen (secondary N) is 2. The average Bonchev–Trinajstić information content (AvgIpc) is 3.24. The monoisotopic (exact) mass is 479 g/mol. The van der Waals surface area contributed by atoms with E-state index in [4.69, 9.17) is 14.2 Å². The Morgan fingerprint density at radius 2 is 2.00 bits per heavy atom. The van der Waals surface area contributed by atoms with E-state index in [2.05, 4.69) is 22.2 Å². The Kier molecular flexibility index (Phi) is 7.36. The molecule has 9 heteroatoms. The van der Waals surface area contributed by atoms with Crippen LogP contribution in [0.5, 0.6) is 17.2 Å². The van der Waals surface area contributed by atoms with Gasteiger partial charge in [0.15, 0.2) is 17.3 Å². The third-order valence-corrected chi connectivity index (χ3v) is 5.65. The summed E-state index contributed by atoms with van der Waals surface area (Å²) in [7, 11) is 1.56. The van der Waals surface area contributed by atoms with Crippen LogP contribution in [-0.4, -0.2) is 31.2 Å². The first kappa shape index (κ1) is 23.2. The topological polar surface area (TPSA) is 81.7 Å². The SMILES string of the molecule is C=CC(=O)Nc1cccc(Oc2cncc3sc(Nc4ccc(OCCOC)c(F)c4)cc23)c1. The van der Waals surface area contributed by atoms with Crippen LogP contribution in [-0.2, 0) is 9.53 Å². The maximum atomic E-state index is 14.4. The Hall–Kier alpha value is -3.95. The van der Waals surface area contributed by atoms with Crippen molar-refractivity contribution in [3.63, 3.8) is 0 Å². The van der Waals surface area contributed by atoms with Crippen molar-refractivity contribution >= 4 is 43.7 Å². The van der Waals surface area contributed by atoms with Gasteiger partial charge >= 0.3 is 0 Å². The molecular formula is C25H22FN3O4S. The number of methoxy groups -OCH3 is 1. The maximum Gasteiger partial charge on any atom is 0.247 e. The van der Waals surface area contributed by atoms with Crippen molar-refractivity contribution in [3.8, 4) is 17.2 Å². The zero-order valence-corrected chi connectivity index (χ0v) is 19.2. The lowest BCUT2D eigenvalue weighted by Gasteiger charge is -2.09. The number of nitrogens with zero attached hydrogens (tertiary/aromatic N) is 1. The van der Waals surface area contributed by atoms with Gasteiger partial charge in [-0.15, -0.1) is 11.3 Å². The number of amides is 1. The highest BCUT2D eigenvalue weighted by Gasteiger charge is 2.11. The van der Waals surface area contributed by atoms with E-state index in [-0.39, 0.29) is 18.3 Å². The van der Waals surface area contributed by atoms with Gasteiger partial charge in [0, 0.05) is 42.2 Å². The minimum atomic E-state index is -0.462. The zero-order chi connectivity index (χ0) is 23.9. The third-order valence-electron chi connectivity index (χ3n) is 4.67. The summed E-state index contributed by atoms with van der Waals surface area (Å²) in [6, 6.07) is 13.7. The zero-order valence-electron chi connectivity index (χ0n) is 18.3. The van der Waals surface area contributed by atoms with Crippen molar-refractivity contribution in [2.45, 2.75) is 0 Å². The normalized spacial score (nSPS) is 10.6. The molecule has 2 N–H and O–H groups in total. The van der Waals surface area contributed by atoms with Crippen LogP contribution >= 0.6 is 11.3 Å². The first-order valence-corrected chi connectivity index (χ1v) is 11.1. The summed E-state index contributed by atoms with van der Waals surface area (Å²) in [5.74, 6) is 0.507. The van der Waals surface area contributed by atoms with Crippen LogP contribution in [0.1, 0.15) is 0 Å². The minimum absolute atomic E-state index is 0.172. The van der Waals surface area contributed by atoms with Gasteiger partial charge in [-0.25, -0.2) is 4.39 Å². The fourth-order valence-corrected chi connectivity index (χ4v) is 4.07. The van der Waals surface area contributed by atoms with Crippen molar-refractivity contribution in [2.24, 2.45) is 0 Å². The molecule has 34 heavy (non-hydrogen) atoms. The van der Waals surface area contributed by atoms with E-state index in [0.717, 1.165) is 15.1 Å². The molecule has 0 fully saturated rings. The number of ether oxygens (including phenoxy) is 3. The van der Waals surface area contributed by atoms with E-state index in [9.17, 15) is 9.18 Å². The van der Waals surface area contributed by atoms with E-state index < -0.39 is 5.82 Å². The molecule has 0 aliphatic carbocycles. The molecule has 0 aliphatic rings. The Morgan fingerprint density at radius 1 is 1.12 bits per heavy atom. The number of rotatable bonds is 10. The van der Waals surface area contributed by atoms with Gasteiger partial charge in [0.2, 0.25) is 5.91 Å². The van der Waals surface area contributed by atoms with Gasteiger partial charge in [-0.1, -0.05) is 12.6 Å². The summed E-state index contributed by atoms with van der Waals surface area (Å²) in [5.41, 5.74) is 1.18. The van der Waals surface area contributed by atoms with Crippen LogP contribution in [0.4, 0.5) is 20.8 Å². The summed E-state index contributed by atoms with van der Waals surface area (Å²) < 4.78 is 31.6. The highest BCUT2D eigenvalue weighted by atomic mass is 32.1. The minimum Gasteiger partial charge on any atom is -0.488 e. The summed E-state index contributed by atoms with van der Waals surface area (Å²) in [4.78, 5) is 15.8. The quantitative estimate of drug-likeness (QED) is 0.211. The molecule has 2 aromatic carbocycles. The smallest absolute Gasteiger partial charge is 0.247 e. The van der Waals surface area contributed by atoms with Gasteiger partial charge in [-0.2, -0.15) is 0 Å². The molecule has 4 rings (SSSR count). The number of carbonyl (C=O) groups excluding carboxylic acids is 1. The third kappa shape index (κ3) is 5.69. The molecule has 0 bridgehead atoms. The lowest BCUT2D eigenvalue weighted by atomic mass is 10.2. The van der Waals surface area contributed by atoms with Gasteiger partial charge in [0.1, 0.15) is 12.4 Å². The molecule has 4 aromatic rings.